The molecule has 0 unspecified atom stereocenters. The Bertz CT molecular complexity index is 884. The minimum absolute atomic E-state index is 0.208. The van der Waals surface area contributed by atoms with Crippen LogP contribution in [-0.2, 0) is 4.79 Å². The molecule has 0 amide bonds. The molecule has 0 bridgehead atoms. The molecule has 0 saturated carbocycles. The molecule has 7 heteroatoms. The molecule has 2 atom stereocenters. The normalized spacial score (nSPS) is 21.9. The summed E-state index contributed by atoms with van der Waals surface area (Å²) in [5.41, 5.74) is 4.03. The van der Waals surface area contributed by atoms with Crippen LogP contribution in [0, 0.1) is 5.92 Å². The van der Waals surface area contributed by atoms with Crippen molar-refractivity contribution in [2.75, 3.05) is 30.6 Å². The third kappa shape index (κ3) is 2.80. The van der Waals surface area contributed by atoms with E-state index < -0.39 is 0 Å². The Balaban J connectivity index is 1.85. The van der Waals surface area contributed by atoms with Gasteiger partial charge in [0.25, 0.3) is 0 Å². The molecular weight excluding hydrogens is 346 g/mol. The van der Waals surface area contributed by atoms with E-state index in [4.69, 9.17) is 0 Å². The lowest BCUT2D eigenvalue weighted by atomic mass is 9.81. The van der Waals surface area contributed by atoms with Gasteiger partial charge in [-0.1, -0.05) is 30.8 Å². The van der Waals surface area contributed by atoms with Gasteiger partial charge in [0.05, 0.1) is 0 Å². The van der Waals surface area contributed by atoms with Gasteiger partial charge < -0.3 is 10.2 Å². The second-order valence-electron chi connectivity index (χ2n) is 7.21. The summed E-state index contributed by atoms with van der Waals surface area (Å²) in [6.07, 6.45) is 3.42. The Labute approximate surface area is 157 Å². The van der Waals surface area contributed by atoms with E-state index in [0.717, 1.165) is 34.9 Å². The van der Waals surface area contributed by atoms with Crippen LogP contribution in [0.5, 0.6) is 0 Å². The second kappa shape index (κ2) is 6.46. The minimum Gasteiger partial charge on any atom is -0.378 e. The topological polar surface area (TPSA) is 63.1 Å². The molecule has 26 heavy (non-hydrogen) atoms. The molecule has 1 N–H and O–H groups in total. The number of nitrogens with zero attached hydrogens (tertiary/aromatic N) is 4. The maximum atomic E-state index is 12.9. The number of benzene rings is 1. The largest absolute Gasteiger partial charge is 0.378 e. The van der Waals surface area contributed by atoms with Crippen molar-refractivity contribution in [1.29, 1.82) is 0 Å². The number of carbonyl (C=O) groups is 1. The Kier molecular flexibility index (Phi) is 4.26. The average Bonchev–Trinajstić information content (AvgIpc) is 3.02. The summed E-state index contributed by atoms with van der Waals surface area (Å²) in [5.74, 6) is 1.27. The Hall–Kier alpha value is -2.28. The minimum atomic E-state index is -0.217. The van der Waals surface area contributed by atoms with Gasteiger partial charge in [0, 0.05) is 37.5 Å². The van der Waals surface area contributed by atoms with Crippen LogP contribution >= 0.6 is 11.8 Å². The molecule has 2 aliphatic rings. The van der Waals surface area contributed by atoms with Gasteiger partial charge in [-0.2, -0.15) is 4.98 Å². The molecule has 6 nitrogen and oxygen atoms in total. The Morgan fingerprint density at radius 2 is 1.96 bits per heavy atom. The molecule has 1 aromatic heterocycles. The van der Waals surface area contributed by atoms with Gasteiger partial charge in [0.15, 0.2) is 5.78 Å². The zero-order valence-corrected chi connectivity index (χ0v) is 16.3. The molecular formula is C19H23N5OS. The van der Waals surface area contributed by atoms with E-state index >= 15 is 0 Å². The predicted octanol–water partition coefficient (Wildman–Crippen LogP) is 3.33. The van der Waals surface area contributed by atoms with Crippen LogP contribution in [0.1, 0.15) is 31.4 Å². The van der Waals surface area contributed by atoms with E-state index in [1.165, 1.54) is 11.8 Å². The van der Waals surface area contributed by atoms with Crippen LogP contribution < -0.4 is 10.2 Å². The summed E-state index contributed by atoms with van der Waals surface area (Å²) in [6.45, 7) is 2.12. The highest BCUT2D eigenvalue weighted by Gasteiger charge is 2.38. The lowest BCUT2D eigenvalue weighted by molar-refractivity contribution is -0.117. The number of thioether (sulfide) groups is 1. The van der Waals surface area contributed by atoms with E-state index in [1.807, 2.05) is 25.0 Å². The summed E-state index contributed by atoms with van der Waals surface area (Å²) < 4.78 is 1.86. The molecule has 0 radical (unpaired) electrons. The zero-order chi connectivity index (χ0) is 18.4. The van der Waals surface area contributed by atoms with Gasteiger partial charge in [0.1, 0.15) is 6.04 Å². The number of nitrogens with one attached hydrogen (secondary N) is 1. The van der Waals surface area contributed by atoms with Gasteiger partial charge in [-0.3, -0.25) is 4.79 Å². The summed E-state index contributed by atoms with van der Waals surface area (Å²) in [7, 11) is 4.04. The number of carbonyl (C=O) groups excluding carboxylic acids is 1. The quantitative estimate of drug-likeness (QED) is 0.838. The fourth-order valence-electron chi connectivity index (χ4n) is 3.74. The van der Waals surface area contributed by atoms with Crippen LogP contribution in [0.3, 0.4) is 0 Å². The average molecular weight is 369 g/mol. The molecule has 0 fully saturated rings. The number of fused-ring (bicyclic) bond motifs is 1. The van der Waals surface area contributed by atoms with Gasteiger partial charge >= 0.3 is 0 Å². The van der Waals surface area contributed by atoms with Crippen molar-refractivity contribution in [2.24, 2.45) is 5.92 Å². The maximum absolute atomic E-state index is 12.9. The number of hydrogen-bond acceptors (Lipinski definition) is 6. The molecule has 0 saturated heterocycles. The van der Waals surface area contributed by atoms with Gasteiger partial charge in [-0.15, -0.1) is 5.10 Å². The lowest BCUT2D eigenvalue weighted by Gasteiger charge is -2.34. The van der Waals surface area contributed by atoms with Crippen LogP contribution in [0.4, 0.5) is 11.6 Å². The zero-order valence-electron chi connectivity index (χ0n) is 15.5. The van der Waals surface area contributed by atoms with Crippen molar-refractivity contribution < 1.29 is 4.79 Å². The number of aromatic nitrogens is 3. The highest BCUT2D eigenvalue weighted by Crippen LogP contribution is 2.41. The van der Waals surface area contributed by atoms with E-state index in [0.29, 0.717) is 17.5 Å². The molecule has 0 spiro atoms. The highest BCUT2D eigenvalue weighted by atomic mass is 32.2. The fraction of sp³-hybridized carbons (Fsp3) is 0.421. The predicted molar refractivity (Wildman–Crippen MR) is 105 cm³/mol. The number of allylic oxidation sites excluding steroid dienone is 2. The Morgan fingerprint density at radius 1 is 1.23 bits per heavy atom. The van der Waals surface area contributed by atoms with E-state index in [9.17, 15) is 4.79 Å². The number of rotatable bonds is 3. The molecule has 2 heterocycles. The van der Waals surface area contributed by atoms with Crippen molar-refractivity contribution in [3.63, 3.8) is 0 Å². The van der Waals surface area contributed by atoms with Crippen molar-refractivity contribution >= 4 is 29.2 Å². The van der Waals surface area contributed by atoms with Crippen LogP contribution in [0.15, 0.2) is 40.7 Å². The summed E-state index contributed by atoms with van der Waals surface area (Å²) in [4.78, 5) is 19.6. The van der Waals surface area contributed by atoms with Gasteiger partial charge in [-0.25, -0.2) is 4.68 Å². The fourth-order valence-corrected chi connectivity index (χ4v) is 4.08. The van der Waals surface area contributed by atoms with Crippen molar-refractivity contribution in [3.8, 4) is 0 Å². The Morgan fingerprint density at radius 3 is 2.62 bits per heavy atom. The molecule has 2 aromatic rings. The maximum Gasteiger partial charge on any atom is 0.227 e. The van der Waals surface area contributed by atoms with Gasteiger partial charge in [-0.05, 0) is 36.3 Å². The molecule has 1 aliphatic carbocycles. The smallest absolute Gasteiger partial charge is 0.227 e. The van der Waals surface area contributed by atoms with Crippen molar-refractivity contribution in [2.45, 2.75) is 31.0 Å². The SMILES string of the molecule is CSc1nc2n(n1)[C@@H](c1ccc(N(C)C)cc1)C1=C(C[C@@H](C)CC1=O)N2. The molecule has 4 rings (SSSR count). The van der Waals surface area contributed by atoms with Gasteiger partial charge in [0.2, 0.25) is 11.1 Å². The first-order valence-corrected chi connectivity index (χ1v) is 10.0. The van der Waals surface area contributed by atoms with Crippen LogP contribution in [0.2, 0.25) is 0 Å². The monoisotopic (exact) mass is 369 g/mol. The standard InChI is InChI=1S/C19H23N5OS/c1-11-9-14-16(15(25)10-11)17(12-5-7-13(8-6-12)23(2)3)24-18(20-14)21-19(22-24)26-4/h5-8,11,17H,9-10H2,1-4H3,(H,20,21,22)/t11-,17+/m1/s1. The third-order valence-electron chi connectivity index (χ3n) is 5.01. The first-order valence-electron chi connectivity index (χ1n) is 8.79. The van der Waals surface area contributed by atoms with Crippen LogP contribution in [-0.4, -0.2) is 40.9 Å². The summed E-state index contributed by atoms with van der Waals surface area (Å²) in [6, 6.07) is 8.13. The first-order chi connectivity index (χ1) is 12.5. The number of anilines is 2. The molecule has 1 aromatic carbocycles. The van der Waals surface area contributed by atoms with E-state index in [1.54, 1.807) is 0 Å². The van der Waals surface area contributed by atoms with E-state index in [2.05, 4.69) is 51.5 Å². The van der Waals surface area contributed by atoms with E-state index in [-0.39, 0.29) is 11.8 Å². The molecule has 136 valence electrons. The number of hydrogen-bond donors (Lipinski definition) is 1. The summed E-state index contributed by atoms with van der Waals surface area (Å²) in [5, 5.41) is 8.72. The number of ketones is 1. The van der Waals surface area contributed by atoms with Crippen molar-refractivity contribution in [3.05, 3.63) is 41.1 Å². The van der Waals surface area contributed by atoms with Crippen molar-refractivity contribution in [1.82, 2.24) is 14.8 Å². The number of Topliss-reactive ketones (excluding diaryl/α,β-unsaturated/α-hetero) is 1. The lowest BCUT2D eigenvalue weighted by Crippen LogP contribution is -2.33. The first kappa shape index (κ1) is 17.1. The summed E-state index contributed by atoms with van der Waals surface area (Å²) >= 11 is 1.51. The third-order valence-corrected chi connectivity index (χ3v) is 5.55. The molecule has 1 aliphatic heterocycles. The second-order valence-corrected chi connectivity index (χ2v) is 7.98. The highest BCUT2D eigenvalue weighted by molar-refractivity contribution is 7.98. The van der Waals surface area contributed by atoms with Crippen LogP contribution in [0.25, 0.3) is 0 Å².